The van der Waals surface area contributed by atoms with Crippen LogP contribution in [0.25, 0.3) is 0 Å². The topological polar surface area (TPSA) is 18.5 Å². The van der Waals surface area contributed by atoms with Crippen molar-refractivity contribution in [2.24, 2.45) is 0 Å². The van der Waals surface area contributed by atoms with Gasteiger partial charge in [-0.2, -0.15) is 0 Å². The average Bonchev–Trinajstić information content (AvgIpc) is 2.49. The SMILES string of the molecule is COc1cc(OC)cc(C(Br)c2cc(F)c(F)cc2Cl)c1. The Morgan fingerprint density at radius 1 is 0.952 bits per heavy atom. The minimum absolute atomic E-state index is 0.137. The molecular weight excluding hydrogens is 366 g/mol. The first-order valence-electron chi connectivity index (χ1n) is 5.97. The molecule has 0 saturated heterocycles. The van der Waals surface area contributed by atoms with Crippen LogP contribution in [0.2, 0.25) is 5.02 Å². The molecule has 21 heavy (non-hydrogen) atoms. The standard InChI is InChI=1S/C15H12BrClF2O2/c1-20-9-3-8(4-10(5-9)21-2)15(16)11-6-13(18)14(19)7-12(11)17/h3-7,15H,1-2H3. The van der Waals surface area contributed by atoms with E-state index in [9.17, 15) is 8.78 Å². The predicted molar refractivity (Wildman–Crippen MR) is 81.7 cm³/mol. The summed E-state index contributed by atoms with van der Waals surface area (Å²) in [6.07, 6.45) is 0. The highest BCUT2D eigenvalue weighted by atomic mass is 79.9. The van der Waals surface area contributed by atoms with Gasteiger partial charge in [-0.25, -0.2) is 8.78 Å². The van der Waals surface area contributed by atoms with Crippen LogP contribution in [0.5, 0.6) is 11.5 Å². The van der Waals surface area contributed by atoms with Crippen LogP contribution in [0.15, 0.2) is 30.3 Å². The fourth-order valence-corrected chi connectivity index (χ4v) is 2.92. The van der Waals surface area contributed by atoms with Gasteiger partial charge in [-0.15, -0.1) is 0 Å². The van der Waals surface area contributed by atoms with Crippen molar-refractivity contribution >= 4 is 27.5 Å². The highest BCUT2D eigenvalue weighted by Crippen LogP contribution is 2.39. The van der Waals surface area contributed by atoms with Gasteiger partial charge in [-0.1, -0.05) is 27.5 Å². The van der Waals surface area contributed by atoms with Crippen LogP contribution in [-0.2, 0) is 0 Å². The van der Waals surface area contributed by atoms with Crippen LogP contribution in [-0.4, -0.2) is 14.2 Å². The first-order chi connectivity index (χ1) is 9.96. The van der Waals surface area contributed by atoms with Crippen molar-refractivity contribution in [2.45, 2.75) is 4.83 Å². The summed E-state index contributed by atoms with van der Waals surface area (Å²) in [4.78, 5) is -0.427. The van der Waals surface area contributed by atoms with Crippen LogP contribution >= 0.6 is 27.5 Å². The first-order valence-corrected chi connectivity index (χ1v) is 7.27. The predicted octanol–water partition coefficient (Wildman–Crippen LogP) is 5.12. The van der Waals surface area contributed by atoms with Crippen LogP contribution < -0.4 is 9.47 Å². The average molecular weight is 378 g/mol. The highest BCUT2D eigenvalue weighted by molar-refractivity contribution is 9.09. The molecule has 0 fully saturated rings. The van der Waals surface area contributed by atoms with Gasteiger partial charge in [0.1, 0.15) is 11.5 Å². The number of ether oxygens (including phenoxy) is 2. The molecule has 0 saturated carbocycles. The molecule has 0 bridgehead atoms. The van der Waals surface area contributed by atoms with Crippen molar-refractivity contribution in [2.75, 3.05) is 14.2 Å². The molecule has 0 heterocycles. The van der Waals surface area contributed by atoms with E-state index < -0.39 is 16.5 Å². The maximum absolute atomic E-state index is 13.4. The van der Waals surface area contributed by atoms with E-state index in [2.05, 4.69) is 15.9 Å². The molecule has 0 N–H and O–H groups in total. The van der Waals surface area contributed by atoms with E-state index in [1.165, 1.54) is 14.2 Å². The number of hydrogen-bond donors (Lipinski definition) is 0. The fourth-order valence-electron chi connectivity index (χ4n) is 1.89. The molecule has 0 amide bonds. The number of rotatable bonds is 4. The van der Waals surface area contributed by atoms with Gasteiger partial charge < -0.3 is 9.47 Å². The van der Waals surface area contributed by atoms with E-state index in [1.54, 1.807) is 18.2 Å². The Balaban J connectivity index is 2.49. The van der Waals surface area contributed by atoms with E-state index in [0.29, 0.717) is 17.1 Å². The summed E-state index contributed by atoms with van der Waals surface area (Å²) in [6, 6.07) is 7.27. The summed E-state index contributed by atoms with van der Waals surface area (Å²) in [6.45, 7) is 0. The summed E-state index contributed by atoms with van der Waals surface area (Å²) >= 11 is 9.44. The molecule has 2 nitrogen and oxygen atoms in total. The minimum Gasteiger partial charge on any atom is -0.497 e. The van der Waals surface area contributed by atoms with Gasteiger partial charge >= 0.3 is 0 Å². The summed E-state index contributed by atoms with van der Waals surface area (Å²) in [7, 11) is 3.07. The number of alkyl halides is 1. The normalized spacial score (nSPS) is 12.1. The van der Waals surface area contributed by atoms with Crippen LogP contribution in [0.4, 0.5) is 8.78 Å². The second-order valence-electron chi connectivity index (χ2n) is 4.30. The van der Waals surface area contributed by atoms with Gasteiger partial charge in [0.05, 0.1) is 19.0 Å². The Bertz CT molecular complexity index is 642. The molecule has 112 valence electrons. The molecule has 0 aliphatic rings. The molecular formula is C15H12BrClF2O2. The van der Waals surface area contributed by atoms with Gasteiger partial charge in [0.2, 0.25) is 0 Å². The molecule has 2 rings (SSSR count). The molecule has 0 spiro atoms. The Morgan fingerprint density at radius 3 is 2.00 bits per heavy atom. The van der Waals surface area contributed by atoms with Crippen molar-refractivity contribution in [3.05, 3.63) is 58.1 Å². The monoisotopic (exact) mass is 376 g/mol. The zero-order valence-electron chi connectivity index (χ0n) is 11.3. The van der Waals surface area contributed by atoms with Gasteiger partial charge in [0, 0.05) is 11.1 Å². The minimum atomic E-state index is -0.980. The summed E-state index contributed by atoms with van der Waals surface area (Å²) in [5.41, 5.74) is 1.17. The number of halogens is 4. The van der Waals surface area contributed by atoms with E-state index in [0.717, 1.165) is 17.7 Å². The van der Waals surface area contributed by atoms with Crippen LogP contribution in [0, 0.1) is 11.6 Å². The lowest BCUT2D eigenvalue weighted by atomic mass is 10.0. The van der Waals surface area contributed by atoms with Crippen molar-refractivity contribution in [3.8, 4) is 11.5 Å². The molecule has 0 aromatic heterocycles. The highest BCUT2D eigenvalue weighted by Gasteiger charge is 2.18. The zero-order chi connectivity index (χ0) is 15.6. The molecule has 6 heteroatoms. The van der Waals surface area contributed by atoms with E-state index in [-0.39, 0.29) is 5.02 Å². The third-order valence-corrected chi connectivity index (χ3v) is 4.33. The Kier molecular flexibility index (Phi) is 5.06. The van der Waals surface area contributed by atoms with Gasteiger partial charge in [-0.05, 0) is 35.4 Å². The summed E-state index contributed by atoms with van der Waals surface area (Å²) in [5, 5.41) is 0.137. The number of benzene rings is 2. The molecule has 2 aromatic carbocycles. The third-order valence-electron chi connectivity index (χ3n) is 2.98. The van der Waals surface area contributed by atoms with Crippen molar-refractivity contribution in [1.82, 2.24) is 0 Å². The van der Waals surface area contributed by atoms with Crippen molar-refractivity contribution in [1.29, 1.82) is 0 Å². The Morgan fingerprint density at radius 2 is 1.48 bits per heavy atom. The fraction of sp³-hybridized carbons (Fsp3) is 0.200. The van der Waals surface area contributed by atoms with Crippen molar-refractivity contribution < 1.29 is 18.3 Å². The molecule has 1 unspecified atom stereocenters. The third kappa shape index (κ3) is 3.47. The number of methoxy groups -OCH3 is 2. The van der Waals surface area contributed by atoms with Gasteiger partial charge in [0.15, 0.2) is 11.6 Å². The lowest BCUT2D eigenvalue weighted by Gasteiger charge is -2.15. The second kappa shape index (κ2) is 6.62. The molecule has 2 aromatic rings. The smallest absolute Gasteiger partial charge is 0.160 e. The molecule has 0 radical (unpaired) electrons. The first kappa shape index (κ1) is 16.0. The maximum atomic E-state index is 13.4. The van der Waals surface area contributed by atoms with E-state index in [1.807, 2.05) is 0 Å². The quantitative estimate of drug-likeness (QED) is 0.544. The van der Waals surface area contributed by atoms with Crippen LogP contribution in [0.1, 0.15) is 16.0 Å². The Hall–Kier alpha value is -1.33. The maximum Gasteiger partial charge on any atom is 0.160 e. The summed E-state index contributed by atoms with van der Waals surface area (Å²) in [5.74, 6) is -0.750. The molecule has 1 atom stereocenters. The second-order valence-corrected chi connectivity index (χ2v) is 5.62. The van der Waals surface area contributed by atoms with Gasteiger partial charge in [0.25, 0.3) is 0 Å². The Labute approximate surface area is 134 Å². The van der Waals surface area contributed by atoms with Gasteiger partial charge in [-0.3, -0.25) is 0 Å². The zero-order valence-corrected chi connectivity index (χ0v) is 13.6. The lowest BCUT2D eigenvalue weighted by molar-refractivity contribution is 0.393. The molecule has 0 aliphatic heterocycles. The number of hydrogen-bond acceptors (Lipinski definition) is 2. The van der Waals surface area contributed by atoms with Crippen molar-refractivity contribution in [3.63, 3.8) is 0 Å². The summed E-state index contributed by atoms with van der Waals surface area (Å²) < 4.78 is 36.9. The van der Waals surface area contributed by atoms with Crippen LogP contribution in [0.3, 0.4) is 0 Å². The lowest BCUT2D eigenvalue weighted by Crippen LogP contribution is -1.99. The van der Waals surface area contributed by atoms with E-state index >= 15 is 0 Å². The largest absolute Gasteiger partial charge is 0.497 e. The molecule has 0 aliphatic carbocycles. The van der Waals surface area contributed by atoms with E-state index in [4.69, 9.17) is 21.1 Å².